The molecule has 2 rings (SSSR count). The van der Waals surface area contributed by atoms with Crippen LogP contribution < -0.4 is 0 Å². The van der Waals surface area contributed by atoms with Crippen LogP contribution in [-0.2, 0) is 9.47 Å². The molecule has 1 aromatic rings. The predicted molar refractivity (Wildman–Crippen MR) is 50.6 cm³/mol. The van der Waals surface area contributed by atoms with Gasteiger partial charge in [0.2, 0.25) is 0 Å². The fourth-order valence-electron chi connectivity index (χ4n) is 1.38. The molecule has 1 aliphatic rings. The van der Waals surface area contributed by atoms with E-state index < -0.39 is 5.79 Å². The highest BCUT2D eigenvalue weighted by Crippen LogP contribution is 2.30. The lowest BCUT2D eigenvalue weighted by molar-refractivity contribution is -0.139. The smallest absolute Gasteiger partial charge is 0.164 e. The van der Waals surface area contributed by atoms with E-state index in [1.165, 1.54) is 0 Å². The molecule has 4 nitrogen and oxygen atoms in total. The summed E-state index contributed by atoms with van der Waals surface area (Å²) in [5.41, 5.74) is 1.05. The van der Waals surface area contributed by atoms with Crippen molar-refractivity contribution >= 4 is 0 Å². The van der Waals surface area contributed by atoms with Crippen LogP contribution >= 0.6 is 0 Å². The summed E-state index contributed by atoms with van der Waals surface area (Å²) in [6, 6.07) is 0. The fourth-order valence-corrected chi connectivity index (χ4v) is 1.38. The zero-order valence-corrected chi connectivity index (χ0v) is 8.65. The van der Waals surface area contributed by atoms with Gasteiger partial charge in [0.15, 0.2) is 11.6 Å². The third-order valence-electron chi connectivity index (χ3n) is 2.10. The molecule has 0 aliphatic carbocycles. The number of aryl methyl sites for hydroxylation is 1. The maximum Gasteiger partial charge on any atom is 0.164 e. The molecule has 1 atom stereocenters. The normalized spacial score (nSPS) is 25.2. The Morgan fingerprint density at radius 1 is 1.36 bits per heavy atom. The lowest BCUT2D eigenvalue weighted by Gasteiger charge is -2.16. The standard InChI is InChI=1S/C10H14N2O2/c1-7-4-11-9(12-5-7)8-6-13-10(2,3)14-8/h4-5,8H,6H2,1-3H3. The highest BCUT2D eigenvalue weighted by molar-refractivity contribution is 5.04. The lowest BCUT2D eigenvalue weighted by atomic mass is 10.3. The zero-order valence-electron chi connectivity index (χ0n) is 8.65. The van der Waals surface area contributed by atoms with Crippen molar-refractivity contribution in [1.82, 2.24) is 9.97 Å². The van der Waals surface area contributed by atoms with Gasteiger partial charge in [0.1, 0.15) is 6.10 Å². The van der Waals surface area contributed by atoms with Crippen LogP contribution in [-0.4, -0.2) is 22.4 Å². The minimum absolute atomic E-state index is 0.134. The van der Waals surface area contributed by atoms with Crippen LogP contribution in [0.3, 0.4) is 0 Å². The van der Waals surface area contributed by atoms with Crippen molar-refractivity contribution in [2.45, 2.75) is 32.7 Å². The van der Waals surface area contributed by atoms with E-state index in [0.29, 0.717) is 12.4 Å². The van der Waals surface area contributed by atoms with Gasteiger partial charge in [-0.3, -0.25) is 0 Å². The van der Waals surface area contributed by atoms with E-state index in [1.54, 1.807) is 12.4 Å². The van der Waals surface area contributed by atoms with Gasteiger partial charge in [-0.15, -0.1) is 0 Å². The first-order chi connectivity index (χ1) is 6.57. The molecule has 1 aliphatic heterocycles. The van der Waals surface area contributed by atoms with Crippen LogP contribution in [0.15, 0.2) is 12.4 Å². The molecule has 4 heteroatoms. The first-order valence-electron chi connectivity index (χ1n) is 4.67. The predicted octanol–water partition coefficient (Wildman–Crippen LogP) is 1.61. The summed E-state index contributed by atoms with van der Waals surface area (Å²) in [4.78, 5) is 8.42. The van der Waals surface area contributed by atoms with Crippen LogP contribution in [0.2, 0.25) is 0 Å². The van der Waals surface area contributed by atoms with Crippen LogP contribution in [0.25, 0.3) is 0 Å². The summed E-state index contributed by atoms with van der Waals surface area (Å²) >= 11 is 0. The topological polar surface area (TPSA) is 44.2 Å². The van der Waals surface area contributed by atoms with E-state index in [2.05, 4.69) is 9.97 Å². The van der Waals surface area contributed by atoms with E-state index in [-0.39, 0.29) is 6.10 Å². The second-order valence-electron chi connectivity index (χ2n) is 3.94. The minimum Gasteiger partial charge on any atom is -0.347 e. The van der Waals surface area contributed by atoms with Crippen molar-refractivity contribution in [3.63, 3.8) is 0 Å². The van der Waals surface area contributed by atoms with Gasteiger partial charge in [-0.2, -0.15) is 0 Å². The summed E-state index contributed by atoms with van der Waals surface area (Å²) in [6.07, 6.45) is 3.44. The Labute approximate surface area is 83.3 Å². The highest BCUT2D eigenvalue weighted by atomic mass is 16.7. The van der Waals surface area contributed by atoms with Crippen molar-refractivity contribution in [2.24, 2.45) is 0 Å². The number of hydrogen-bond donors (Lipinski definition) is 0. The molecule has 0 aromatic carbocycles. The molecular formula is C10H14N2O2. The Hall–Kier alpha value is -1.00. The Bertz CT molecular complexity index is 321. The average Bonchev–Trinajstić information content (AvgIpc) is 2.47. The zero-order chi connectivity index (χ0) is 10.2. The number of hydrogen-bond acceptors (Lipinski definition) is 4. The second kappa shape index (κ2) is 3.29. The van der Waals surface area contributed by atoms with Crippen LogP contribution in [0.1, 0.15) is 31.3 Å². The van der Waals surface area contributed by atoms with Crippen molar-refractivity contribution < 1.29 is 9.47 Å². The summed E-state index contributed by atoms with van der Waals surface area (Å²) in [5, 5.41) is 0. The van der Waals surface area contributed by atoms with E-state index in [4.69, 9.17) is 9.47 Å². The third kappa shape index (κ3) is 1.91. The molecule has 14 heavy (non-hydrogen) atoms. The van der Waals surface area contributed by atoms with Gasteiger partial charge in [0.05, 0.1) is 6.61 Å². The Balaban J connectivity index is 2.14. The van der Waals surface area contributed by atoms with E-state index >= 15 is 0 Å². The van der Waals surface area contributed by atoms with Crippen LogP contribution in [0.5, 0.6) is 0 Å². The van der Waals surface area contributed by atoms with E-state index in [0.717, 1.165) is 5.56 Å². The molecule has 76 valence electrons. The van der Waals surface area contributed by atoms with Crippen LogP contribution in [0, 0.1) is 6.92 Å². The molecule has 1 saturated heterocycles. The van der Waals surface area contributed by atoms with Gasteiger partial charge in [-0.25, -0.2) is 9.97 Å². The molecular weight excluding hydrogens is 180 g/mol. The van der Waals surface area contributed by atoms with Gasteiger partial charge in [0.25, 0.3) is 0 Å². The molecule has 1 aromatic heterocycles. The van der Waals surface area contributed by atoms with Gasteiger partial charge in [-0.1, -0.05) is 0 Å². The monoisotopic (exact) mass is 194 g/mol. The molecule has 0 spiro atoms. The van der Waals surface area contributed by atoms with Crippen LogP contribution in [0.4, 0.5) is 0 Å². The SMILES string of the molecule is Cc1cnc(C2COC(C)(C)O2)nc1. The number of ether oxygens (including phenoxy) is 2. The molecule has 1 unspecified atom stereocenters. The Morgan fingerprint density at radius 3 is 2.50 bits per heavy atom. The Kier molecular flexibility index (Phi) is 2.25. The minimum atomic E-state index is -0.515. The molecule has 0 radical (unpaired) electrons. The Morgan fingerprint density at radius 2 is 2.00 bits per heavy atom. The molecule has 0 saturated carbocycles. The maximum absolute atomic E-state index is 5.63. The van der Waals surface area contributed by atoms with Crippen molar-refractivity contribution in [1.29, 1.82) is 0 Å². The first-order valence-corrected chi connectivity index (χ1v) is 4.67. The van der Waals surface area contributed by atoms with Crippen molar-refractivity contribution in [2.75, 3.05) is 6.61 Å². The maximum atomic E-state index is 5.63. The van der Waals surface area contributed by atoms with Gasteiger partial charge in [0, 0.05) is 12.4 Å². The van der Waals surface area contributed by atoms with Gasteiger partial charge < -0.3 is 9.47 Å². The van der Waals surface area contributed by atoms with E-state index in [9.17, 15) is 0 Å². The summed E-state index contributed by atoms with van der Waals surface area (Å²) in [5.74, 6) is 0.181. The molecule has 0 bridgehead atoms. The molecule has 0 N–H and O–H groups in total. The lowest BCUT2D eigenvalue weighted by Crippen LogP contribution is -2.20. The molecule has 2 heterocycles. The van der Waals surface area contributed by atoms with Gasteiger partial charge >= 0.3 is 0 Å². The first kappa shape index (κ1) is 9.55. The van der Waals surface area contributed by atoms with E-state index in [1.807, 2.05) is 20.8 Å². The quantitative estimate of drug-likeness (QED) is 0.681. The fraction of sp³-hybridized carbons (Fsp3) is 0.600. The summed E-state index contributed by atoms with van der Waals surface area (Å²) in [6.45, 7) is 6.26. The average molecular weight is 194 g/mol. The number of aromatic nitrogens is 2. The van der Waals surface area contributed by atoms with Gasteiger partial charge in [-0.05, 0) is 26.3 Å². The third-order valence-corrected chi connectivity index (χ3v) is 2.10. The van der Waals surface area contributed by atoms with Crippen molar-refractivity contribution in [3.05, 3.63) is 23.8 Å². The molecule has 1 fully saturated rings. The summed E-state index contributed by atoms with van der Waals surface area (Å²) in [7, 11) is 0. The molecule has 0 amide bonds. The largest absolute Gasteiger partial charge is 0.347 e. The van der Waals surface area contributed by atoms with Crippen molar-refractivity contribution in [3.8, 4) is 0 Å². The second-order valence-corrected chi connectivity index (χ2v) is 3.94. The highest BCUT2D eigenvalue weighted by Gasteiger charge is 2.34. The number of nitrogens with zero attached hydrogens (tertiary/aromatic N) is 2. The number of rotatable bonds is 1. The summed E-state index contributed by atoms with van der Waals surface area (Å²) < 4.78 is 11.1.